The molecule has 1 unspecified atom stereocenters. The van der Waals surface area contributed by atoms with Crippen LogP contribution in [0.25, 0.3) is 0 Å². The van der Waals surface area contributed by atoms with Crippen molar-refractivity contribution in [3.05, 3.63) is 41.5 Å². The minimum absolute atomic E-state index is 0.0172. The maximum Gasteiger partial charge on any atom is 0.161 e. The summed E-state index contributed by atoms with van der Waals surface area (Å²) in [6.07, 6.45) is 5.52. The SMILES string of the molecule is CCNC(c1cnccc1C)c1c(OC)cnn1C(C)C. The molecule has 0 saturated carbocycles. The molecule has 5 nitrogen and oxygen atoms in total. The van der Waals surface area contributed by atoms with Crippen LogP contribution in [0.5, 0.6) is 5.75 Å². The molecular formula is C16H24N4O. The van der Waals surface area contributed by atoms with E-state index in [9.17, 15) is 0 Å². The van der Waals surface area contributed by atoms with Crippen molar-refractivity contribution in [2.75, 3.05) is 13.7 Å². The Morgan fingerprint density at radius 1 is 1.33 bits per heavy atom. The molecule has 114 valence electrons. The molecule has 1 N–H and O–H groups in total. The second kappa shape index (κ2) is 6.72. The van der Waals surface area contributed by atoms with Crippen LogP contribution < -0.4 is 10.1 Å². The highest BCUT2D eigenvalue weighted by Gasteiger charge is 2.25. The van der Waals surface area contributed by atoms with E-state index < -0.39 is 0 Å². The van der Waals surface area contributed by atoms with Gasteiger partial charge in [0, 0.05) is 18.4 Å². The molecule has 0 bridgehead atoms. The summed E-state index contributed by atoms with van der Waals surface area (Å²) in [6, 6.07) is 2.31. The molecule has 2 heterocycles. The number of ether oxygens (including phenoxy) is 1. The summed E-state index contributed by atoms with van der Waals surface area (Å²) >= 11 is 0. The average Bonchev–Trinajstić information content (AvgIpc) is 2.89. The van der Waals surface area contributed by atoms with Gasteiger partial charge in [-0.05, 0) is 44.5 Å². The predicted molar refractivity (Wildman–Crippen MR) is 83.7 cm³/mol. The second-order valence-electron chi connectivity index (χ2n) is 5.36. The average molecular weight is 288 g/mol. The van der Waals surface area contributed by atoms with Gasteiger partial charge in [0.25, 0.3) is 0 Å². The van der Waals surface area contributed by atoms with E-state index in [4.69, 9.17) is 4.74 Å². The number of hydrogen-bond donors (Lipinski definition) is 1. The van der Waals surface area contributed by atoms with Gasteiger partial charge in [0.05, 0.1) is 19.3 Å². The summed E-state index contributed by atoms with van der Waals surface area (Å²) in [5.41, 5.74) is 3.40. The summed E-state index contributed by atoms with van der Waals surface area (Å²) < 4.78 is 7.53. The number of methoxy groups -OCH3 is 1. The Morgan fingerprint density at radius 3 is 2.67 bits per heavy atom. The number of nitrogens with zero attached hydrogens (tertiary/aromatic N) is 3. The van der Waals surface area contributed by atoms with Gasteiger partial charge in [-0.3, -0.25) is 9.67 Å². The summed E-state index contributed by atoms with van der Waals surface area (Å²) in [4.78, 5) is 4.28. The molecule has 2 rings (SSSR count). The maximum atomic E-state index is 5.52. The van der Waals surface area contributed by atoms with E-state index in [1.54, 1.807) is 13.3 Å². The summed E-state index contributed by atoms with van der Waals surface area (Å²) in [5, 5.41) is 8.01. The van der Waals surface area contributed by atoms with E-state index in [1.165, 1.54) is 5.56 Å². The zero-order valence-corrected chi connectivity index (χ0v) is 13.4. The monoisotopic (exact) mass is 288 g/mol. The third-order valence-electron chi connectivity index (χ3n) is 3.58. The van der Waals surface area contributed by atoms with E-state index in [0.29, 0.717) is 0 Å². The van der Waals surface area contributed by atoms with Crippen molar-refractivity contribution in [2.24, 2.45) is 0 Å². The van der Waals surface area contributed by atoms with Crippen molar-refractivity contribution >= 4 is 0 Å². The summed E-state index contributed by atoms with van der Waals surface area (Å²) in [6.45, 7) is 9.29. The number of pyridine rings is 1. The van der Waals surface area contributed by atoms with E-state index in [1.807, 2.05) is 23.1 Å². The van der Waals surface area contributed by atoms with Crippen LogP contribution in [0.3, 0.4) is 0 Å². The Morgan fingerprint density at radius 2 is 2.10 bits per heavy atom. The fourth-order valence-electron chi connectivity index (χ4n) is 2.54. The first-order valence-corrected chi connectivity index (χ1v) is 7.35. The van der Waals surface area contributed by atoms with Gasteiger partial charge in [0.15, 0.2) is 5.75 Å². The van der Waals surface area contributed by atoms with Crippen molar-refractivity contribution in [3.63, 3.8) is 0 Å². The molecule has 0 aliphatic rings. The number of rotatable bonds is 6. The van der Waals surface area contributed by atoms with Crippen molar-refractivity contribution in [1.82, 2.24) is 20.1 Å². The fraction of sp³-hybridized carbons (Fsp3) is 0.500. The number of nitrogens with one attached hydrogen (secondary N) is 1. The van der Waals surface area contributed by atoms with Gasteiger partial charge in [-0.2, -0.15) is 5.10 Å². The molecule has 0 amide bonds. The first-order valence-electron chi connectivity index (χ1n) is 7.35. The Hall–Kier alpha value is -1.88. The van der Waals surface area contributed by atoms with Crippen molar-refractivity contribution in [2.45, 2.75) is 39.8 Å². The zero-order valence-electron chi connectivity index (χ0n) is 13.4. The van der Waals surface area contributed by atoms with Gasteiger partial charge in [-0.25, -0.2) is 0 Å². The van der Waals surface area contributed by atoms with E-state index in [-0.39, 0.29) is 12.1 Å². The Balaban J connectivity index is 2.58. The number of aryl methyl sites for hydroxylation is 1. The molecule has 0 aromatic carbocycles. The Labute approximate surface area is 126 Å². The highest BCUT2D eigenvalue weighted by molar-refractivity contribution is 5.38. The molecule has 1 atom stereocenters. The van der Waals surface area contributed by atoms with Crippen LogP contribution in [-0.2, 0) is 0 Å². The Kier molecular flexibility index (Phi) is 4.96. The summed E-state index contributed by atoms with van der Waals surface area (Å²) in [7, 11) is 1.68. The largest absolute Gasteiger partial charge is 0.493 e. The van der Waals surface area contributed by atoms with Crippen LogP contribution in [-0.4, -0.2) is 28.4 Å². The van der Waals surface area contributed by atoms with Crippen LogP contribution in [0.2, 0.25) is 0 Å². The molecule has 0 aliphatic carbocycles. The summed E-state index contributed by atoms with van der Waals surface area (Å²) in [5.74, 6) is 0.804. The Bertz CT molecular complexity index is 592. The lowest BCUT2D eigenvalue weighted by Gasteiger charge is -2.23. The van der Waals surface area contributed by atoms with Crippen LogP contribution in [0.4, 0.5) is 0 Å². The molecule has 5 heteroatoms. The standard InChI is InChI=1S/C16H24N4O/c1-6-18-15(13-9-17-8-7-12(13)4)16-14(21-5)10-19-20(16)11(2)3/h7-11,15,18H,6H2,1-5H3. The molecule has 0 radical (unpaired) electrons. The molecule has 0 saturated heterocycles. The van der Waals surface area contributed by atoms with Crippen LogP contribution in [0, 0.1) is 6.92 Å². The molecule has 0 aliphatic heterocycles. The van der Waals surface area contributed by atoms with Crippen molar-refractivity contribution in [1.29, 1.82) is 0 Å². The van der Waals surface area contributed by atoms with E-state index >= 15 is 0 Å². The van der Waals surface area contributed by atoms with Gasteiger partial charge in [0.2, 0.25) is 0 Å². The first kappa shape index (κ1) is 15.5. The number of hydrogen-bond acceptors (Lipinski definition) is 4. The van der Waals surface area contributed by atoms with E-state index in [2.05, 4.69) is 43.1 Å². The quantitative estimate of drug-likeness (QED) is 0.888. The first-order chi connectivity index (χ1) is 10.1. The van der Waals surface area contributed by atoms with Crippen molar-refractivity contribution in [3.8, 4) is 5.75 Å². The van der Waals surface area contributed by atoms with Gasteiger partial charge < -0.3 is 10.1 Å². The minimum Gasteiger partial charge on any atom is -0.493 e. The third-order valence-corrected chi connectivity index (χ3v) is 3.58. The zero-order chi connectivity index (χ0) is 15.4. The second-order valence-corrected chi connectivity index (χ2v) is 5.36. The normalized spacial score (nSPS) is 12.7. The van der Waals surface area contributed by atoms with Crippen LogP contribution in [0.15, 0.2) is 24.7 Å². The lowest BCUT2D eigenvalue weighted by Crippen LogP contribution is -2.26. The molecule has 21 heavy (non-hydrogen) atoms. The van der Waals surface area contributed by atoms with Gasteiger partial charge >= 0.3 is 0 Å². The minimum atomic E-state index is 0.0172. The van der Waals surface area contributed by atoms with Crippen LogP contribution in [0.1, 0.15) is 49.7 Å². The van der Waals surface area contributed by atoms with Crippen LogP contribution >= 0.6 is 0 Å². The smallest absolute Gasteiger partial charge is 0.161 e. The van der Waals surface area contributed by atoms with Crippen molar-refractivity contribution < 1.29 is 4.74 Å². The van der Waals surface area contributed by atoms with Gasteiger partial charge in [0.1, 0.15) is 5.69 Å². The molecule has 2 aromatic rings. The van der Waals surface area contributed by atoms with Gasteiger partial charge in [-0.15, -0.1) is 0 Å². The van der Waals surface area contributed by atoms with E-state index in [0.717, 1.165) is 23.6 Å². The van der Waals surface area contributed by atoms with Gasteiger partial charge in [-0.1, -0.05) is 6.92 Å². The highest BCUT2D eigenvalue weighted by atomic mass is 16.5. The molecular weight excluding hydrogens is 264 g/mol. The number of aromatic nitrogens is 3. The predicted octanol–water partition coefficient (Wildman–Crippen LogP) is 2.87. The lowest BCUT2D eigenvalue weighted by atomic mass is 10.00. The fourth-order valence-corrected chi connectivity index (χ4v) is 2.54. The molecule has 2 aromatic heterocycles. The maximum absolute atomic E-state index is 5.52. The highest BCUT2D eigenvalue weighted by Crippen LogP contribution is 2.32. The molecule has 0 fully saturated rings. The topological polar surface area (TPSA) is 52.0 Å². The lowest BCUT2D eigenvalue weighted by molar-refractivity contribution is 0.394. The third kappa shape index (κ3) is 3.08. The molecule has 0 spiro atoms.